The summed E-state index contributed by atoms with van der Waals surface area (Å²) in [7, 11) is 0. The average Bonchev–Trinajstić information content (AvgIpc) is 3.06. The summed E-state index contributed by atoms with van der Waals surface area (Å²) >= 11 is 0. The van der Waals surface area contributed by atoms with E-state index in [2.05, 4.69) is 15.3 Å². The highest BCUT2D eigenvalue weighted by molar-refractivity contribution is 5.76. The van der Waals surface area contributed by atoms with E-state index in [0.29, 0.717) is 6.04 Å². The van der Waals surface area contributed by atoms with Gasteiger partial charge in [-0.2, -0.15) is 18.3 Å². The summed E-state index contributed by atoms with van der Waals surface area (Å²) in [5, 5.41) is 6.35. The maximum absolute atomic E-state index is 12.5. The Balaban J connectivity index is 1.55. The van der Waals surface area contributed by atoms with Gasteiger partial charge in [0.25, 0.3) is 0 Å². The molecule has 0 radical (unpaired) electrons. The Kier molecular flexibility index (Phi) is 4.12. The fourth-order valence-electron chi connectivity index (χ4n) is 3.42. The Labute approximate surface area is 126 Å². The van der Waals surface area contributed by atoms with Gasteiger partial charge in [0.1, 0.15) is 6.54 Å². The van der Waals surface area contributed by atoms with E-state index >= 15 is 0 Å². The predicted octanol–water partition coefficient (Wildman–Crippen LogP) is 1.64. The molecule has 0 bridgehead atoms. The van der Waals surface area contributed by atoms with Crippen LogP contribution in [0.4, 0.5) is 13.2 Å². The molecular formula is C14H19F3N4O. The number of nitrogens with one attached hydrogen (secondary N) is 1. The van der Waals surface area contributed by atoms with Crippen molar-refractivity contribution in [3.05, 3.63) is 18.0 Å². The number of carbonyl (C=O) groups excluding carboxylic acids is 1. The van der Waals surface area contributed by atoms with Crippen LogP contribution in [0.5, 0.6) is 0 Å². The van der Waals surface area contributed by atoms with Gasteiger partial charge in [0.15, 0.2) is 5.69 Å². The summed E-state index contributed by atoms with van der Waals surface area (Å²) in [6.45, 7) is 1.88. The van der Waals surface area contributed by atoms with E-state index in [1.807, 2.05) is 0 Å². The number of hydrogen-bond donors (Lipinski definition) is 1. The van der Waals surface area contributed by atoms with E-state index in [1.54, 1.807) is 0 Å². The smallest absolute Gasteiger partial charge is 0.350 e. The van der Waals surface area contributed by atoms with Gasteiger partial charge in [-0.15, -0.1) is 0 Å². The number of fused-ring (bicyclic) bond motifs is 1. The molecule has 2 aliphatic heterocycles. The Morgan fingerprint density at radius 2 is 2.14 bits per heavy atom. The van der Waals surface area contributed by atoms with Crippen LogP contribution >= 0.6 is 0 Å². The van der Waals surface area contributed by atoms with Crippen molar-refractivity contribution in [1.29, 1.82) is 0 Å². The summed E-state index contributed by atoms with van der Waals surface area (Å²) in [4.78, 5) is 14.4. The van der Waals surface area contributed by atoms with E-state index in [4.69, 9.17) is 0 Å². The van der Waals surface area contributed by atoms with Gasteiger partial charge in [-0.05, 0) is 31.9 Å². The van der Waals surface area contributed by atoms with E-state index < -0.39 is 11.9 Å². The molecule has 8 heteroatoms. The molecule has 122 valence electrons. The molecule has 1 aromatic rings. The predicted molar refractivity (Wildman–Crippen MR) is 73.0 cm³/mol. The molecule has 3 rings (SSSR count). The number of halogens is 3. The van der Waals surface area contributed by atoms with E-state index in [9.17, 15) is 18.0 Å². The maximum atomic E-state index is 12.5. The molecular weight excluding hydrogens is 297 g/mol. The SMILES string of the molecule is O=C(Cn1ccc(C(F)(F)F)n1)NC1CCN2CCCCC12. The second-order valence-electron chi connectivity index (χ2n) is 5.96. The van der Waals surface area contributed by atoms with Gasteiger partial charge >= 0.3 is 6.18 Å². The third kappa shape index (κ3) is 3.26. The summed E-state index contributed by atoms with van der Waals surface area (Å²) < 4.78 is 38.4. The first-order valence-corrected chi connectivity index (χ1v) is 7.57. The second-order valence-corrected chi connectivity index (χ2v) is 5.96. The van der Waals surface area contributed by atoms with Crippen LogP contribution in [-0.4, -0.2) is 45.8 Å². The van der Waals surface area contributed by atoms with Crippen molar-refractivity contribution in [2.75, 3.05) is 13.1 Å². The zero-order valence-corrected chi connectivity index (χ0v) is 12.1. The van der Waals surface area contributed by atoms with Crippen LogP contribution in [0.2, 0.25) is 0 Å². The van der Waals surface area contributed by atoms with Gasteiger partial charge in [-0.25, -0.2) is 0 Å². The Morgan fingerprint density at radius 1 is 1.32 bits per heavy atom. The first kappa shape index (κ1) is 15.3. The lowest BCUT2D eigenvalue weighted by molar-refractivity contribution is -0.141. The van der Waals surface area contributed by atoms with Gasteiger partial charge in [0.05, 0.1) is 0 Å². The minimum absolute atomic E-state index is 0.102. The van der Waals surface area contributed by atoms with Crippen LogP contribution in [0.1, 0.15) is 31.4 Å². The molecule has 0 aromatic carbocycles. The largest absolute Gasteiger partial charge is 0.435 e. The number of carbonyl (C=O) groups is 1. The molecule has 1 N–H and O–H groups in total. The first-order chi connectivity index (χ1) is 10.4. The van der Waals surface area contributed by atoms with Crippen LogP contribution in [0.25, 0.3) is 0 Å². The number of alkyl halides is 3. The van der Waals surface area contributed by atoms with Gasteiger partial charge < -0.3 is 5.32 Å². The minimum atomic E-state index is -4.48. The van der Waals surface area contributed by atoms with Crippen LogP contribution < -0.4 is 5.32 Å². The third-order valence-corrected chi connectivity index (χ3v) is 4.44. The van der Waals surface area contributed by atoms with Crippen LogP contribution in [0.3, 0.4) is 0 Å². The molecule has 2 fully saturated rings. The molecule has 2 atom stereocenters. The standard InChI is InChI=1S/C14H19F3N4O/c15-14(16,17)12-5-8-21(19-12)9-13(22)18-10-4-7-20-6-2-1-3-11(10)20/h5,8,10-11H,1-4,6-7,9H2,(H,18,22). The average molecular weight is 316 g/mol. The number of nitrogens with zero attached hydrogens (tertiary/aromatic N) is 3. The Hall–Kier alpha value is -1.57. The highest BCUT2D eigenvalue weighted by Gasteiger charge is 2.36. The van der Waals surface area contributed by atoms with Crippen molar-refractivity contribution in [3.63, 3.8) is 0 Å². The number of piperidine rings is 1. The zero-order chi connectivity index (χ0) is 15.7. The summed E-state index contributed by atoms with van der Waals surface area (Å²) in [5.41, 5.74) is -0.973. The summed E-state index contributed by atoms with van der Waals surface area (Å²) in [5.74, 6) is -0.283. The molecule has 2 aliphatic rings. The number of rotatable bonds is 3. The number of amides is 1. The van der Waals surface area contributed by atoms with Gasteiger partial charge in [-0.3, -0.25) is 14.4 Å². The second kappa shape index (κ2) is 5.91. The molecule has 5 nitrogen and oxygen atoms in total. The van der Waals surface area contributed by atoms with E-state index in [0.717, 1.165) is 36.7 Å². The number of hydrogen-bond acceptors (Lipinski definition) is 3. The fraction of sp³-hybridized carbons (Fsp3) is 0.714. The van der Waals surface area contributed by atoms with Crippen molar-refractivity contribution >= 4 is 5.91 Å². The van der Waals surface area contributed by atoms with E-state index in [1.165, 1.54) is 19.0 Å². The Morgan fingerprint density at radius 3 is 2.86 bits per heavy atom. The van der Waals surface area contributed by atoms with Gasteiger partial charge in [0, 0.05) is 24.8 Å². The topological polar surface area (TPSA) is 50.2 Å². The summed E-state index contributed by atoms with van der Waals surface area (Å²) in [6.07, 6.45) is 1.06. The summed E-state index contributed by atoms with van der Waals surface area (Å²) in [6, 6.07) is 1.36. The molecule has 1 aromatic heterocycles. The molecule has 2 unspecified atom stereocenters. The first-order valence-electron chi connectivity index (χ1n) is 7.57. The van der Waals surface area contributed by atoms with Crippen LogP contribution in [-0.2, 0) is 17.5 Å². The fourth-order valence-corrected chi connectivity index (χ4v) is 3.42. The van der Waals surface area contributed by atoms with Crippen molar-refractivity contribution in [3.8, 4) is 0 Å². The number of aromatic nitrogens is 2. The van der Waals surface area contributed by atoms with Crippen LogP contribution in [0.15, 0.2) is 12.3 Å². The molecule has 3 heterocycles. The third-order valence-electron chi connectivity index (χ3n) is 4.44. The quantitative estimate of drug-likeness (QED) is 0.922. The highest BCUT2D eigenvalue weighted by Crippen LogP contribution is 2.28. The molecule has 0 saturated carbocycles. The Bertz CT molecular complexity index is 542. The lowest BCUT2D eigenvalue weighted by Gasteiger charge is -2.32. The lowest BCUT2D eigenvalue weighted by atomic mass is 9.99. The molecule has 0 aliphatic carbocycles. The highest BCUT2D eigenvalue weighted by atomic mass is 19.4. The molecule has 0 spiro atoms. The van der Waals surface area contributed by atoms with Crippen molar-refractivity contribution < 1.29 is 18.0 Å². The maximum Gasteiger partial charge on any atom is 0.435 e. The molecule has 2 saturated heterocycles. The van der Waals surface area contributed by atoms with Gasteiger partial charge in [-0.1, -0.05) is 6.42 Å². The van der Waals surface area contributed by atoms with Crippen molar-refractivity contribution in [2.45, 2.75) is 50.5 Å². The van der Waals surface area contributed by atoms with Crippen molar-refractivity contribution in [1.82, 2.24) is 20.0 Å². The molecule has 22 heavy (non-hydrogen) atoms. The zero-order valence-electron chi connectivity index (χ0n) is 12.1. The van der Waals surface area contributed by atoms with Crippen molar-refractivity contribution in [2.24, 2.45) is 0 Å². The van der Waals surface area contributed by atoms with Gasteiger partial charge in [0.2, 0.25) is 5.91 Å². The normalized spacial score (nSPS) is 26.0. The molecule has 1 amide bonds. The van der Waals surface area contributed by atoms with Crippen LogP contribution in [0, 0.1) is 0 Å². The minimum Gasteiger partial charge on any atom is -0.350 e. The lowest BCUT2D eigenvalue weighted by Crippen LogP contribution is -2.47. The van der Waals surface area contributed by atoms with E-state index in [-0.39, 0.29) is 18.5 Å². The monoisotopic (exact) mass is 316 g/mol.